The number of benzene rings is 3. The van der Waals surface area contributed by atoms with Crippen LogP contribution in [-0.4, -0.2) is 17.1 Å². The van der Waals surface area contributed by atoms with Crippen molar-refractivity contribution in [1.29, 1.82) is 0 Å². The molecule has 5 nitrogen and oxygen atoms in total. The van der Waals surface area contributed by atoms with Gasteiger partial charge < -0.3 is 15.1 Å². The number of amides is 2. The van der Waals surface area contributed by atoms with Gasteiger partial charge in [-0.15, -0.1) is 11.8 Å². The van der Waals surface area contributed by atoms with Gasteiger partial charge in [-0.25, -0.2) is 0 Å². The van der Waals surface area contributed by atoms with Gasteiger partial charge in [0, 0.05) is 16.7 Å². The monoisotopic (exact) mass is 496 g/mol. The highest BCUT2D eigenvalue weighted by Gasteiger charge is 2.34. The van der Waals surface area contributed by atoms with E-state index in [0.29, 0.717) is 16.2 Å². The van der Waals surface area contributed by atoms with Crippen molar-refractivity contribution in [3.8, 4) is 0 Å². The number of nitrogens with one attached hydrogen (secondary N) is 2. The second-order valence-electron chi connectivity index (χ2n) is 8.11. The Balaban J connectivity index is 1.35. The quantitative estimate of drug-likeness (QED) is 0.347. The Morgan fingerprint density at radius 2 is 1.77 bits per heavy atom. The number of rotatable bonds is 5. The molecule has 0 fully saturated rings. The molecule has 0 bridgehead atoms. The molecule has 2 amide bonds. The maximum atomic E-state index is 13.0. The molecule has 2 atom stereocenters. The Morgan fingerprint density at radius 1 is 1.03 bits per heavy atom. The third-order valence-corrected chi connectivity index (χ3v) is 6.94. The van der Waals surface area contributed by atoms with Crippen LogP contribution in [0.25, 0.3) is 11.0 Å². The van der Waals surface area contributed by atoms with Crippen molar-refractivity contribution in [2.75, 3.05) is 5.32 Å². The third kappa shape index (κ3) is 4.90. The fourth-order valence-electron chi connectivity index (χ4n) is 3.96. The highest BCUT2D eigenvalue weighted by molar-refractivity contribution is 8.01. The van der Waals surface area contributed by atoms with Gasteiger partial charge in [0.15, 0.2) is 0 Å². The van der Waals surface area contributed by atoms with E-state index in [0.717, 1.165) is 34.8 Å². The minimum Gasteiger partial charge on any atom is -0.459 e. The largest absolute Gasteiger partial charge is 0.459 e. The van der Waals surface area contributed by atoms with Gasteiger partial charge in [0.1, 0.15) is 17.4 Å². The SMILES string of the molecule is O=C(C[C@@H]1Sc2ccc(C(F)(F)F)cc2NC1=O)N[C@@H](c1ccccc1)c1cc2ccccc2o1. The summed E-state index contributed by atoms with van der Waals surface area (Å²) in [5.74, 6) is -0.351. The molecule has 9 heteroatoms. The number of carbonyl (C=O) groups excluding carboxylic acids is 2. The normalized spacial score (nSPS) is 16.4. The second kappa shape index (κ2) is 9.14. The topological polar surface area (TPSA) is 71.3 Å². The van der Waals surface area contributed by atoms with Gasteiger partial charge in [-0.2, -0.15) is 13.2 Å². The van der Waals surface area contributed by atoms with Crippen LogP contribution in [0, 0.1) is 0 Å². The molecule has 0 aliphatic carbocycles. The first-order valence-electron chi connectivity index (χ1n) is 10.8. The van der Waals surface area contributed by atoms with Gasteiger partial charge in [0.2, 0.25) is 11.8 Å². The molecule has 178 valence electrons. The average Bonchev–Trinajstić information content (AvgIpc) is 3.26. The predicted molar refractivity (Wildman–Crippen MR) is 127 cm³/mol. The van der Waals surface area contributed by atoms with Crippen LogP contribution in [0.5, 0.6) is 0 Å². The molecule has 1 aromatic heterocycles. The predicted octanol–water partition coefficient (Wildman–Crippen LogP) is 6.16. The molecule has 2 heterocycles. The molecule has 0 saturated carbocycles. The lowest BCUT2D eigenvalue weighted by atomic mass is 10.0. The van der Waals surface area contributed by atoms with E-state index < -0.39 is 28.9 Å². The second-order valence-corrected chi connectivity index (χ2v) is 9.35. The van der Waals surface area contributed by atoms with Crippen molar-refractivity contribution in [1.82, 2.24) is 5.32 Å². The third-order valence-electron chi connectivity index (χ3n) is 5.66. The van der Waals surface area contributed by atoms with E-state index in [9.17, 15) is 22.8 Å². The highest BCUT2D eigenvalue weighted by atomic mass is 32.2. The zero-order chi connectivity index (χ0) is 24.6. The number of halogens is 3. The molecule has 1 aliphatic rings. The number of hydrogen-bond acceptors (Lipinski definition) is 4. The smallest absolute Gasteiger partial charge is 0.416 e. The van der Waals surface area contributed by atoms with Crippen LogP contribution < -0.4 is 10.6 Å². The van der Waals surface area contributed by atoms with E-state index in [1.54, 1.807) is 0 Å². The van der Waals surface area contributed by atoms with Crippen LogP contribution in [0.1, 0.15) is 29.3 Å². The van der Waals surface area contributed by atoms with Gasteiger partial charge in [-0.1, -0.05) is 48.5 Å². The van der Waals surface area contributed by atoms with Gasteiger partial charge in [0.25, 0.3) is 0 Å². The fourth-order valence-corrected chi connectivity index (χ4v) is 5.05. The first-order chi connectivity index (χ1) is 16.8. The minimum atomic E-state index is -4.51. The molecular weight excluding hydrogens is 477 g/mol. The summed E-state index contributed by atoms with van der Waals surface area (Å²) < 4.78 is 45.0. The fraction of sp³-hybridized carbons (Fsp3) is 0.154. The lowest BCUT2D eigenvalue weighted by Gasteiger charge is -2.25. The van der Waals surface area contributed by atoms with E-state index >= 15 is 0 Å². The molecule has 3 aromatic carbocycles. The van der Waals surface area contributed by atoms with Gasteiger partial charge in [-0.05, 0) is 35.9 Å². The standard InChI is InChI=1S/C26H19F3N2O3S/c27-26(28,29)17-10-11-21-18(13-17)30-25(33)22(35-21)14-23(32)31-24(15-6-2-1-3-7-15)20-12-16-8-4-5-9-19(16)34-20/h1-13,22,24H,14H2,(H,30,33)(H,31,32)/t22-,24-/m0/s1. The molecule has 0 radical (unpaired) electrons. The molecule has 1 aliphatic heterocycles. The summed E-state index contributed by atoms with van der Waals surface area (Å²) in [6.45, 7) is 0. The summed E-state index contributed by atoms with van der Waals surface area (Å²) in [6.07, 6.45) is -4.66. The lowest BCUT2D eigenvalue weighted by Crippen LogP contribution is -2.36. The Bertz CT molecular complexity index is 1370. The maximum absolute atomic E-state index is 13.0. The van der Waals surface area contributed by atoms with Crippen LogP contribution >= 0.6 is 11.8 Å². The summed E-state index contributed by atoms with van der Waals surface area (Å²) in [6, 6.07) is 21.3. The van der Waals surface area contributed by atoms with Crippen molar-refractivity contribution in [3.63, 3.8) is 0 Å². The minimum absolute atomic E-state index is 0.0934. The number of thioether (sulfide) groups is 1. The maximum Gasteiger partial charge on any atom is 0.416 e. The average molecular weight is 497 g/mol. The number of anilines is 1. The number of carbonyl (C=O) groups is 2. The Hall–Kier alpha value is -3.72. The van der Waals surface area contributed by atoms with Crippen LogP contribution in [0.4, 0.5) is 18.9 Å². The number of furan rings is 1. The highest BCUT2D eigenvalue weighted by Crippen LogP contribution is 2.40. The van der Waals surface area contributed by atoms with E-state index in [1.165, 1.54) is 6.07 Å². The Morgan fingerprint density at radius 3 is 2.51 bits per heavy atom. The number of para-hydroxylation sites is 1. The van der Waals surface area contributed by atoms with Crippen molar-refractivity contribution in [2.24, 2.45) is 0 Å². The molecule has 5 rings (SSSR count). The summed E-state index contributed by atoms with van der Waals surface area (Å²) >= 11 is 1.07. The molecule has 0 spiro atoms. The van der Waals surface area contributed by atoms with Gasteiger partial charge in [-0.3, -0.25) is 9.59 Å². The van der Waals surface area contributed by atoms with Gasteiger partial charge in [0.05, 0.1) is 16.5 Å². The zero-order valence-electron chi connectivity index (χ0n) is 18.1. The Labute approximate surface area is 202 Å². The summed E-state index contributed by atoms with van der Waals surface area (Å²) in [5, 5.41) is 5.57. The van der Waals surface area contributed by atoms with Crippen LogP contribution in [-0.2, 0) is 15.8 Å². The van der Waals surface area contributed by atoms with Crippen molar-refractivity contribution in [2.45, 2.75) is 28.8 Å². The van der Waals surface area contributed by atoms with Gasteiger partial charge >= 0.3 is 6.18 Å². The number of alkyl halides is 3. The first-order valence-corrected chi connectivity index (χ1v) is 11.7. The van der Waals surface area contributed by atoms with E-state index in [-0.39, 0.29) is 18.0 Å². The number of hydrogen-bond donors (Lipinski definition) is 2. The molecule has 2 N–H and O–H groups in total. The van der Waals surface area contributed by atoms with E-state index in [2.05, 4.69) is 10.6 Å². The van der Waals surface area contributed by atoms with Crippen molar-refractivity contribution in [3.05, 3.63) is 95.7 Å². The summed E-state index contributed by atoms with van der Waals surface area (Å²) in [7, 11) is 0. The van der Waals surface area contributed by atoms with E-state index in [4.69, 9.17) is 4.42 Å². The molecule has 0 saturated heterocycles. The summed E-state index contributed by atoms with van der Waals surface area (Å²) in [5.41, 5.74) is 0.751. The first kappa shape index (κ1) is 23.0. The van der Waals surface area contributed by atoms with Crippen LogP contribution in [0.3, 0.4) is 0 Å². The van der Waals surface area contributed by atoms with E-state index in [1.807, 2.05) is 60.7 Å². The van der Waals surface area contributed by atoms with Crippen LogP contribution in [0.15, 0.2) is 88.2 Å². The molecule has 35 heavy (non-hydrogen) atoms. The van der Waals surface area contributed by atoms with Crippen molar-refractivity contribution >= 4 is 40.2 Å². The van der Waals surface area contributed by atoms with Crippen molar-refractivity contribution < 1.29 is 27.2 Å². The van der Waals surface area contributed by atoms with Crippen LogP contribution in [0.2, 0.25) is 0 Å². The lowest BCUT2D eigenvalue weighted by molar-refractivity contribution is -0.137. The summed E-state index contributed by atoms with van der Waals surface area (Å²) in [4.78, 5) is 26.1. The zero-order valence-corrected chi connectivity index (χ0v) is 19.0. The molecular formula is C26H19F3N2O3S. The Kier molecular flexibility index (Phi) is 6.02. The molecule has 0 unspecified atom stereocenters. The number of fused-ring (bicyclic) bond motifs is 2. The molecule has 4 aromatic rings.